The van der Waals surface area contributed by atoms with Gasteiger partial charge in [-0.2, -0.15) is 5.26 Å². The van der Waals surface area contributed by atoms with Crippen LogP contribution in [0.4, 0.5) is 5.69 Å². The highest BCUT2D eigenvalue weighted by Gasteiger charge is 2.03. The van der Waals surface area contributed by atoms with Crippen LogP contribution in [0.1, 0.15) is 5.56 Å². The summed E-state index contributed by atoms with van der Waals surface area (Å²) in [6, 6.07) is 7.02. The summed E-state index contributed by atoms with van der Waals surface area (Å²) in [7, 11) is -1.22. The minimum atomic E-state index is -1.22. The van der Waals surface area contributed by atoms with Crippen molar-refractivity contribution in [3.8, 4) is 6.07 Å². The summed E-state index contributed by atoms with van der Waals surface area (Å²) in [5, 5.41) is 8.35. The van der Waals surface area contributed by atoms with Crippen LogP contribution in [0.2, 0.25) is 0 Å². The van der Waals surface area contributed by atoms with Gasteiger partial charge in [0.25, 0.3) is 0 Å². The quantitative estimate of drug-likeness (QED) is 0.719. The van der Waals surface area contributed by atoms with E-state index < -0.39 is 10.8 Å². The molecule has 0 aromatic heterocycles. The van der Waals surface area contributed by atoms with E-state index in [1.807, 2.05) is 13.0 Å². The zero-order chi connectivity index (χ0) is 9.84. The van der Waals surface area contributed by atoms with Gasteiger partial charge in [-0.15, -0.1) is 0 Å². The van der Waals surface area contributed by atoms with Crippen molar-refractivity contribution in [2.24, 2.45) is 0 Å². The lowest BCUT2D eigenvalue weighted by Crippen LogP contribution is -1.97. The summed E-state index contributed by atoms with van der Waals surface area (Å²) in [6.07, 6.45) is 0. The van der Waals surface area contributed by atoms with Crippen LogP contribution >= 0.6 is 0 Å². The van der Waals surface area contributed by atoms with Gasteiger partial charge in [0.1, 0.15) is 5.75 Å². The molecule has 0 saturated carbocycles. The molecule has 0 fully saturated rings. The standard InChI is InChI=1S/C9H10N2OS/c1-7-6-8(2-3-9(7)11)13(12)5-4-10/h2-3,6H,5,11H2,1H3. The highest BCUT2D eigenvalue weighted by molar-refractivity contribution is 7.85. The molecule has 1 atom stereocenters. The van der Waals surface area contributed by atoms with Crippen molar-refractivity contribution in [3.05, 3.63) is 23.8 Å². The maximum absolute atomic E-state index is 11.4. The van der Waals surface area contributed by atoms with Gasteiger partial charge in [0, 0.05) is 10.6 Å². The Morgan fingerprint density at radius 3 is 2.85 bits per heavy atom. The van der Waals surface area contributed by atoms with Crippen LogP contribution in [0.25, 0.3) is 0 Å². The fourth-order valence-corrected chi connectivity index (χ4v) is 1.74. The number of benzene rings is 1. The van der Waals surface area contributed by atoms with Gasteiger partial charge < -0.3 is 5.73 Å². The van der Waals surface area contributed by atoms with E-state index >= 15 is 0 Å². The van der Waals surface area contributed by atoms with Gasteiger partial charge in [0.05, 0.1) is 16.9 Å². The lowest BCUT2D eigenvalue weighted by Gasteiger charge is -2.02. The van der Waals surface area contributed by atoms with E-state index in [1.54, 1.807) is 18.2 Å². The molecule has 1 aromatic rings. The van der Waals surface area contributed by atoms with Gasteiger partial charge in [-0.25, -0.2) is 0 Å². The molecular formula is C9H10N2OS. The third-order valence-electron chi connectivity index (χ3n) is 1.70. The molecule has 0 amide bonds. The normalized spacial score (nSPS) is 12.0. The molecule has 0 spiro atoms. The lowest BCUT2D eigenvalue weighted by molar-refractivity contribution is 0.685. The Morgan fingerprint density at radius 1 is 1.62 bits per heavy atom. The zero-order valence-electron chi connectivity index (χ0n) is 7.28. The number of aryl methyl sites for hydroxylation is 1. The molecule has 1 aromatic carbocycles. The van der Waals surface area contributed by atoms with Crippen molar-refractivity contribution >= 4 is 16.5 Å². The first-order valence-electron chi connectivity index (χ1n) is 3.76. The Balaban J connectivity index is 2.98. The molecule has 4 heteroatoms. The number of nitrogens with zero attached hydrogens (tertiary/aromatic N) is 1. The summed E-state index contributed by atoms with van der Waals surface area (Å²) in [6.45, 7) is 1.85. The predicted octanol–water partition coefficient (Wildman–Crippen LogP) is 1.21. The third-order valence-corrected chi connectivity index (χ3v) is 2.87. The van der Waals surface area contributed by atoms with Crippen LogP contribution in [0.15, 0.2) is 23.1 Å². The molecule has 0 heterocycles. The van der Waals surface area contributed by atoms with Gasteiger partial charge in [-0.1, -0.05) is 0 Å². The second-order valence-corrected chi connectivity index (χ2v) is 4.12. The monoisotopic (exact) mass is 194 g/mol. The summed E-state index contributed by atoms with van der Waals surface area (Å²) in [5.41, 5.74) is 7.17. The average Bonchev–Trinajstić information content (AvgIpc) is 2.10. The summed E-state index contributed by atoms with van der Waals surface area (Å²) < 4.78 is 11.4. The molecule has 0 saturated heterocycles. The van der Waals surface area contributed by atoms with Crippen LogP contribution in [-0.4, -0.2) is 9.96 Å². The van der Waals surface area contributed by atoms with Crippen molar-refractivity contribution in [1.29, 1.82) is 5.26 Å². The Bertz CT molecular complexity index is 382. The van der Waals surface area contributed by atoms with E-state index in [-0.39, 0.29) is 5.75 Å². The highest BCUT2D eigenvalue weighted by atomic mass is 32.2. The van der Waals surface area contributed by atoms with Crippen molar-refractivity contribution in [1.82, 2.24) is 0 Å². The Kier molecular flexibility index (Phi) is 3.04. The van der Waals surface area contributed by atoms with E-state index in [1.165, 1.54) is 0 Å². The number of nitrogens with two attached hydrogens (primary N) is 1. The first-order chi connectivity index (χ1) is 6.15. The number of rotatable bonds is 2. The first-order valence-corrected chi connectivity index (χ1v) is 5.08. The van der Waals surface area contributed by atoms with E-state index in [4.69, 9.17) is 11.0 Å². The largest absolute Gasteiger partial charge is 0.399 e. The summed E-state index contributed by atoms with van der Waals surface area (Å²) >= 11 is 0. The van der Waals surface area contributed by atoms with Crippen LogP contribution in [-0.2, 0) is 10.8 Å². The topological polar surface area (TPSA) is 66.9 Å². The predicted molar refractivity (Wildman–Crippen MR) is 52.5 cm³/mol. The molecule has 0 aliphatic rings. The van der Waals surface area contributed by atoms with Crippen LogP contribution < -0.4 is 5.73 Å². The van der Waals surface area contributed by atoms with Gasteiger partial charge in [-0.3, -0.25) is 4.21 Å². The molecule has 13 heavy (non-hydrogen) atoms. The fraction of sp³-hybridized carbons (Fsp3) is 0.222. The average molecular weight is 194 g/mol. The van der Waals surface area contributed by atoms with E-state index in [9.17, 15) is 4.21 Å². The number of nitriles is 1. The lowest BCUT2D eigenvalue weighted by atomic mass is 10.2. The minimum Gasteiger partial charge on any atom is -0.399 e. The molecule has 0 aliphatic carbocycles. The maximum Gasteiger partial charge on any atom is 0.115 e. The molecule has 68 valence electrons. The van der Waals surface area contributed by atoms with Gasteiger partial charge >= 0.3 is 0 Å². The number of hydrogen-bond donors (Lipinski definition) is 1. The second-order valence-electron chi connectivity index (χ2n) is 2.67. The fourth-order valence-electron chi connectivity index (χ4n) is 0.932. The van der Waals surface area contributed by atoms with Crippen molar-refractivity contribution in [3.63, 3.8) is 0 Å². The summed E-state index contributed by atoms with van der Waals surface area (Å²) in [4.78, 5) is 0.660. The van der Waals surface area contributed by atoms with Crippen molar-refractivity contribution in [2.45, 2.75) is 11.8 Å². The van der Waals surface area contributed by atoms with Gasteiger partial charge in [-0.05, 0) is 30.7 Å². The third kappa shape index (κ3) is 2.30. The number of hydrogen-bond acceptors (Lipinski definition) is 3. The molecule has 0 radical (unpaired) electrons. The Labute approximate surface area is 79.6 Å². The number of anilines is 1. The Hall–Kier alpha value is -1.34. The van der Waals surface area contributed by atoms with Crippen LogP contribution in [0.3, 0.4) is 0 Å². The van der Waals surface area contributed by atoms with Crippen LogP contribution in [0.5, 0.6) is 0 Å². The molecule has 0 aliphatic heterocycles. The summed E-state index contributed by atoms with van der Waals surface area (Å²) in [5.74, 6) is 0.0311. The first kappa shape index (κ1) is 9.75. The SMILES string of the molecule is Cc1cc(S(=O)CC#N)ccc1N. The molecular weight excluding hydrogens is 184 g/mol. The van der Waals surface area contributed by atoms with E-state index in [2.05, 4.69) is 0 Å². The van der Waals surface area contributed by atoms with Crippen molar-refractivity contribution < 1.29 is 4.21 Å². The van der Waals surface area contributed by atoms with Crippen molar-refractivity contribution in [2.75, 3.05) is 11.5 Å². The molecule has 3 nitrogen and oxygen atoms in total. The highest BCUT2D eigenvalue weighted by Crippen LogP contribution is 2.15. The zero-order valence-corrected chi connectivity index (χ0v) is 8.10. The van der Waals surface area contributed by atoms with Gasteiger partial charge in [0.15, 0.2) is 0 Å². The second kappa shape index (κ2) is 4.06. The molecule has 2 N–H and O–H groups in total. The number of nitrogen functional groups attached to an aromatic ring is 1. The molecule has 1 unspecified atom stereocenters. The molecule has 0 bridgehead atoms. The van der Waals surface area contributed by atoms with E-state index in [0.29, 0.717) is 10.6 Å². The smallest absolute Gasteiger partial charge is 0.115 e. The Morgan fingerprint density at radius 2 is 2.31 bits per heavy atom. The maximum atomic E-state index is 11.4. The van der Waals surface area contributed by atoms with Crippen LogP contribution in [0, 0.1) is 18.3 Å². The van der Waals surface area contributed by atoms with Gasteiger partial charge in [0.2, 0.25) is 0 Å². The molecule has 1 rings (SSSR count). The van der Waals surface area contributed by atoms with E-state index in [0.717, 1.165) is 5.56 Å². The minimum absolute atomic E-state index is 0.0311.